The maximum Gasteiger partial charge on any atom is 0.0318 e. The summed E-state index contributed by atoms with van der Waals surface area (Å²) in [5.74, 6) is 0. The Morgan fingerprint density at radius 1 is 1.57 bits per heavy atom. The van der Waals surface area contributed by atoms with Crippen molar-refractivity contribution in [1.82, 2.24) is 4.90 Å². The van der Waals surface area contributed by atoms with Gasteiger partial charge in [0, 0.05) is 12.6 Å². The largest absolute Gasteiger partial charge is 0.299 e. The lowest BCUT2D eigenvalue weighted by molar-refractivity contribution is 0.269. The minimum absolute atomic E-state index is 0.610. The molecular formula is C12H17NS. The minimum Gasteiger partial charge on any atom is -0.299 e. The van der Waals surface area contributed by atoms with Gasteiger partial charge in [0.2, 0.25) is 0 Å². The highest BCUT2D eigenvalue weighted by molar-refractivity contribution is 7.07. The summed E-state index contributed by atoms with van der Waals surface area (Å²) in [7, 11) is 2.22. The van der Waals surface area contributed by atoms with E-state index in [2.05, 4.69) is 41.8 Å². The summed E-state index contributed by atoms with van der Waals surface area (Å²) in [6.45, 7) is 3.45. The predicted molar refractivity (Wildman–Crippen MR) is 62.8 cm³/mol. The van der Waals surface area contributed by atoms with Crippen LogP contribution < -0.4 is 0 Å². The Morgan fingerprint density at radius 3 is 3.14 bits per heavy atom. The molecule has 0 aliphatic carbocycles. The van der Waals surface area contributed by atoms with Gasteiger partial charge in [0.25, 0.3) is 0 Å². The van der Waals surface area contributed by atoms with E-state index in [0.717, 1.165) is 6.42 Å². The fourth-order valence-electron chi connectivity index (χ4n) is 1.92. The Kier molecular flexibility index (Phi) is 3.04. The highest BCUT2D eigenvalue weighted by Crippen LogP contribution is 2.18. The highest BCUT2D eigenvalue weighted by Gasteiger charge is 2.17. The predicted octanol–water partition coefficient (Wildman–Crippen LogP) is 2.94. The molecule has 0 aromatic carbocycles. The molecule has 1 nitrogen and oxygen atoms in total. The van der Waals surface area contributed by atoms with E-state index in [1.807, 2.05) is 0 Å². The van der Waals surface area contributed by atoms with Crippen molar-refractivity contribution in [3.63, 3.8) is 0 Å². The maximum absolute atomic E-state index is 2.45. The molecule has 0 radical (unpaired) electrons. The van der Waals surface area contributed by atoms with E-state index >= 15 is 0 Å². The van der Waals surface area contributed by atoms with Crippen molar-refractivity contribution in [2.75, 3.05) is 13.6 Å². The Bertz CT molecular complexity index is 313. The number of likely N-dealkylation sites (N-methyl/N-ethyl adjacent to an activating group) is 1. The van der Waals surface area contributed by atoms with Crippen molar-refractivity contribution in [3.05, 3.63) is 34.0 Å². The van der Waals surface area contributed by atoms with Gasteiger partial charge in [-0.3, -0.25) is 4.90 Å². The van der Waals surface area contributed by atoms with Crippen LogP contribution in [0.2, 0.25) is 0 Å². The number of hydrogen-bond donors (Lipinski definition) is 0. The number of nitrogens with zero attached hydrogens (tertiary/aromatic N) is 1. The monoisotopic (exact) mass is 207 g/mol. The molecule has 1 aliphatic heterocycles. The van der Waals surface area contributed by atoms with E-state index in [0.29, 0.717) is 6.04 Å². The molecule has 0 saturated carbocycles. The second-order valence-electron chi connectivity index (χ2n) is 4.15. The first kappa shape index (κ1) is 9.94. The zero-order valence-corrected chi connectivity index (χ0v) is 9.68. The third-order valence-corrected chi connectivity index (χ3v) is 3.66. The first-order chi connectivity index (χ1) is 6.75. The molecule has 1 aromatic heterocycles. The molecule has 1 atom stereocenters. The molecule has 2 heterocycles. The van der Waals surface area contributed by atoms with Crippen molar-refractivity contribution >= 4 is 11.3 Å². The zero-order chi connectivity index (χ0) is 9.97. The Hall–Kier alpha value is -0.600. The quantitative estimate of drug-likeness (QED) is 0.674. The summed E-state index contributed by atoms with van der Waals surface area (Å²) in [4.78, 5) is 2.45. The van der Waals surface area contributed by atoms with Crippen molar-refractivity contribution in [2.24, 2.45) is 0 Å². The third-order valence-electron chi connectivity index (χ3n) is 2.93. The molecule has 1 unspecified atom stereocenters. The van der Waals surface area contributed by atoms with Gasteiger partial charge in [-0.1, -0.05) is 11.6 Å². The van der Waals surface area contributed by atoms with Crippen molar-refractivity contribution in [2.45, 2.75) is 25.8 Å². The second-order valence-corrected chi connectivity index (χ2v) is 4.93. The summed E-state index contributed by atoms with van der Waals surface area (Å²) in [6.07, 6.45) is 4.81. The van der Waals surface area contributed by atoms with Crippen LogP contribution in [0.1, 0.15) is 18.9 Å². The molecule has 2 heteroatoms. The summed E-state index contributed by atoms with van der Waals surface area (Å²) in [5.41, 5.74) is 3.01. The van der Waals surface area contributed by atoms with Gasteiger partial charge in [0.1, 0.15) is 0 Å². The Morgan fingerprint density at radius 2 is 2.43 bits per heavy atom. The van der Waals surface area contributed by atoms with Crippen LogP contribution in [0, 0.1) is 0 Å². The zero-order valence-electron chi connectivity index (χ0n) is 8.86. The van der Waals surface area contributed by atoms with Crippen LogP contribution in [0.3, 0.4) is 0 Å². The molecule has 0 N–H and O–H groups in total. The first-order valence-electron chi connectivity index (χ1n) is 5.14. The minimum atomic E-state index is 0.610. The summed E-state index contributed by atoms with van der Waals surface area (Å²) < 4.78 is 0. The molecule has 1 aliphatic rings. The number of hydrogen-bond acceptors (Lipinski definition) is 2. The lowest BCUT2D eigenvalue weighted by Gasteiger charge is -2.30. The second kappa shape index (κ2) is 4.28. The van der Waals surface area contributed by atoms with Gasteiger partial charge in [-0.05, 0) is 49.2 Å². The summed E-state index contributed by atoms with van der Waals surface area (Å²) >= 11 is 1.79. The molecule has 0 saturated heterocycles. The average Bonchev–Trinajstić information content (AvgIpc) is 2.64. The number of rotatable bonds is 2. The fraction of sp³-hybridized carbons (Fsp3) is 0.500. The van der Waals surface area contributed by atoms with E-state index in [-0.39, 0.29) is 0 Å². The molecule has 0 amide bonds. The molecule has 0 fully saturated rings. The summed E-state index contributed by atoms with van der Waals surface area (Å²) in [5, 5.41) is 4.42. The Labute approximate surface area is 90.1 Å². The van der Waals surface area contributed by atoms with Crippen LogP contribution in [-0.2, 0) is 6.42 Å². The number of thiophene rings is 1. The molecule has 0 spiro atoms. The summed E-state index contributed by atoms with van der Waals surface area (Å²) in [6, 6.07) is 2.84. The van der Waals surface area contributed by atoms with Gasteiger partial charge in [-0.2, -0.15) is 11.3 Å². The molecule has 1 aromatic rings. The van der Waals surface area contributed by atoms with Crippen LogP contribution >= 0.6 is 11.3 Å². The standard InChI is InChI=1S/C12H17NS/c1-10-3-5-13(2)12(7-10)8-11-4-6-14-9-11/h4,6-7,9,12H,3,5,8H2,1-2H3. The van der Waals surface area contributed by atoms with Crippen LogP contribution in [0.5, 0.6) is 0 Å². The van der Waals surface area contributed by atoms with E-state index in [9.17, 15) is 0 Å². The topological polar surface area (TPSA) is 3.24 Å². The van der Waals surface area contributed by atoms with Gasteiger partial charge in [-0.15, -0.1) is 0 Å². The Balaban J connectivity index is 2.06. The van der Waals surface area contributed by atoms with E-state index in [1.54, 1.807) is 16.9 Å². The van der Waals surface area contributed by atoms with Gasteiger partial charge in [0.15, 0.2) is 0 Å². The van der Waals surface area contributed by atoms with Gasteiger partial charge in [0.05, 0.1) is 0 Å². The molecule has 76 valence electrons. The van der Waals surface area contributed by atoms with Gasteiger partial charge < -0.3 is 0 Å². The first-order valence-corrected chi connectivity index (χ1v) is 6.08. The molecular weight excluding hydrogens is 190 g/mol. The van der Waals surface area contributed by atoms with Gasteiger partial charge in [-0.25, -0.2) is 0 Å². The van der Waals surface area contributed by atoms with Crippen LogP contribution in [-0.4, -0.2) is 24.5 Å². The van der Waals surface area contributed by atoms with Crippen LogP contribution in [0.15, 0.2) is 28.5 Å². The van der Waals surface area contributed by atoms with Crippen LogP contribution in [0.25, 0.3) is 0 Å². The van der Waals surface area contributed by atoms with E-state index in [4.69, 9.17) is 0 Å². The lowest BCUT2D eigenvalue weighted by atomic mass is 9.99. The molecule has 14 heavy (non-hydrogen) atoms. The van der Waals surface area contributed by atoms with Crippen LogP contribution in [0.4, 0.5) is 0 Å². The fourth-order valence-corrected chi connectivity index (χ4v) is 2.60. The lowest BCUT2D eigenvalue weighted by Crippen LogP contribution is -2.35. The highest BCUT2D eigenvalue weighted by atomic mass is 32.1. The third kappa shape index (κ3) is 2.25. The van der Waals surface area contributed by atoms with Crippen molar-refractivity contribution in [1.29, 1.82) is 0 Å². The normalized spacial score (nSPS) is 23.6. The maximum atomic E-state index is 2.45. The molecule has 2 rings (SSSR count). The van der Waals surface area contributed by atoms with Crippen molar-refractivity contribution < 1.29 is 0 Å². The van der Waals surface area contributed by atoms with Crippen molar-refractivity contribution in [3.8, 4) is 0 Å². The van der Waals surface area contributed by atoms with E-state index in [1.165, 1.54) is 18.5 Å². The average molecular weight is 207 g/mol. The van der Waals surface area contributed by atoms with E-state index < -0.39 is 0 Å². The molecule has 0 bridgehead atoms. The van der Waals surface area contributed by atoms with Gasteiger partial charge >= 0.3 is 0 Å². The SMILES string of the molecule is CC1=CC(Cc2ccsc2)N(C)CC1. The smallest absolute Gasteiger partial charge is 0.0318 e.